The van der Waals surface area contributed by atoms with Crippen LogP contribution in [0.5, 0.6) is 0 Å². The molecule has 0 bridgehead atoms. The van der Waals surface area contributed by atoms with Gasteiger partial charge in [0.15, 0.2) is 21.4 Å². The molecule has 6 nitrogen and oxygen atoms in total. The van der Waals surface area contributed by atoms with E-state index in [9.17, 15) is 23.1 Å². The standard InChI is InChI=1S/C21H24O6S.K/c1-12-11-14(19(24)17-15(22)5-3-6-16(17)23)13(2)18-20(12)28(25,26)10-8-21(18)7-4-9-27-21;/h11,22H,3-10H2,1-2H3;/q;+1/p-1. The van der Waals surface area contributed by atoms with Crippen molar-refractivity contribution in [3.8, 4) is 0 Å². The van der Waals surface area contributed by atoms with Crippen molar-refractivity contribution in [2.75, 3.05) is 12.4 Å². The fourth-order valence-corrected chi connectivity index (χ4v) is 6.90. The van der Waals surface area contributed by atoms with E-state index in [0.29, 0.717) is 42.6 Å². The van der Waals surface area contributed by atoms with E-state index in [0.717, 1.165) is 6.42 Å². The van der Waals surface area contributed by atoms with Gasteiger partial charge in [-0.2, -0.15) is 0 Å². The van der Waals surface area contributed by atoms with E-state index in [-0.39, 0.29) is 86.0 Å². The first-order valence-electron chi connectivity index (χ1n) is 9.67. The molecule has 1 aromatic carbocycles. The van der Waals surface area contributed by atoms with E-state index in [4.69, 9.17) is 4.74 Å². The zero-order valence-electron chi connectivity index (χ0n) is 17.1. The molecule has 0 amide bonds. The van der Waals surface area contributed by atoms with Crippen LogP contribution in [-0.2, 0) is 25.0 Å². The van der Waals surface area contributed by atoms with Gasteiger partial charge in [0.2, 0.25) is 0 Å². The zero-order valence-corrected chi connectivity index (χ0v) is 21.0. The van der Waals surface area contributed by atoms with Crippen LogP contribution in [0.3, 0.4) is 0 Å². The SMILES string of the molecule is Cc1cc(C(=O)C2=C([O-])CCCC2=O)c(C)c2c1S(=O)(=O)CCC21CCCO1.[K+]. The van der Waals surface area contributed by atoms with Crippen LogP contribution in [0.15, 0.2) is 22.3 Å². The van der Waals surface area contributed by atoms with Gasteiger partial charge in [0, 0.05) is 24.2 Å². The molecule has 1 saturated heterocycles. The molecule has 150 valence electrons. The second kappa shape index (κ2) is 8.29. The van der Waals surface area contributed by atoms with Crippen molar-refractivity contribution in [2.45, 2.75) is 62.9 Å². The Bertz CT molecular complexity index is 1030. The predicted molar refractivity (Wildman–Crippen MR) is 99.7 cm³/mol. The third-order valence-electron chi connectivity index (χ3n) is 6.21. The minimum atomic E-state index is -3.48. The molecule has 1 unspecified atom stereocenters. The average Bonchev–Trinajstić information content (AvgIpc) is 3.09. The van der Waals surface area contributed by atoms with Crippen molar-refractivity contribution >= 4 is 21.4 Å². The quantitative estimate of drug-likeness (QED) is 0.332. The maximum Gasteiger partial charge on any atom is 1.00 e. The van der Waals surface area contributed by atoms with E-state index in [1.54, 1.807) is 13.8 Å². The number of hydrogen-bond acceptors (Lipinski definition) is 6. The Kier molecular flexibility index (Phi) is 6.67. The van der Waals surface area contributed by atoms with Crippen LogP contribution >= 0.6 is 0 Å². The largest absolute Gasteiger partial charge is 1.00 e. The fourth-order valence-electron chi connectivity index (χ4n) is 4.90. The molecular formula is C21H23KO6S. The molecule has 1 fully saturated rings. The Morgan fingerprint density at radius 2 is 1.90 bits per heavy atom. The van der Waals surface area contributed by atoms with E-state index < -0.39 is 32.8 Å². The van der Waals surface area contributed by atoms with Crippen LogP contribution in [0, 0.1) is 13.8 Å². The maximum absolute atomic E-state index is 13.2. The second-order valence-electron chi connectivity index (χ2n) is 7.99. The molecule has 3 aliphatic rings. The molecular weight excluding hydrogens is 419 g/mol. The number of benzene rings is 1. The van der Waals surface area contributed by atoms with Gasteiger partial charge in [-0.05, 0) is 63.1 Å². The number of carbonyl (C=O) groups is 2. The molecule has 8 heteroatoms. The molecule has 29 heavy (non-hydrogen) atoms. The molecule has 1 spiro atoms. The van der Waals surface area contributed by atoms with Gasteiger partial charge in [-0.1, -0.05) is 0 Å². The van der Waals surface area contributed by atoms with Gasteiger partial charge in [-0.25, -0.2) is 8.42 Å². The molecule has 4 rings (SSSR count). The van der Waals surface area contributed by atoms with E-state index in [1.807, 2.05) is 0 Å². The number of allylic oxidation sites excluding steroid dienone is 2. The van der Waals surface area contributed by atoms with Crippen molar-refractivity contribution in [1.82, 2.24) is 0 Å². The third kappa shape index (κ3) is 3.75. The van der Waals surface area contributed by atoms with E-state index in [1.165, 1.54) is 6.07 Å². The number of ketones is 2. The summed E-state index contributed by atoms with van der Waals surface area (Å²) in [7, 11) is -3.48. The molecule has 1 aliphatic carbocycles. The molecule has 2 aliphatic heterocycles. The zero-order chi connectivity index (χ0) is 20.3. The summed E-state index contributed by atoms with van der Waals surface area (Å²) >= 11 is 0. The maximum atomic E-state index is 13.2. The van der Waals surface area contributed by atoms with Crippen LogP contribution < -0.4 is 56.5 Å². The molecule has 1 aromatic rings. The Hall–Kier alpha value is -0.354. The molecule has 0 radical (unpaired) electrons. The minimum Gasteiger partial charge on any atom is -0.875 e. The number of fused-ring (bicyclic) bond motifs is 2. The first kappa shape index (κ1) is 23.3. The van der Waals surface area contributed by atoms with Crippen LogP contribution in [0.2, 0.25) is 0 Å². The fraction of sp³-hybridized carbons (Fsp3) is 0.524. The van der Waals surface area contributed by atoms with Gasteiger partial charge in [0.1, 0.15) is 0 Å². The Morgan fingerprint density at radius 3 is 2.52 bits per heavy atom. The van der Waals surface area contributed by atoms with Gasteiger partial charge in [-0.3, -0.25) is 9.59 Å². The Morgan fingerprint density at radius 1 is 1.17 bits per heavy atom. The van der Waals surface area contributed by atoms with Crippen molar-refractivity contribution in [1.29, 1.82) is 0 Å². The number of sulfone groups is 1. The van der Waals surface area contributed by atoms with Crippen LogP contribution in [0.25, 0.3) is 0 Å². The summed E-state index contributed by atoms with van der Waals surface area (Å²) in [6.07, 6.45) is 2.72. The summed E-state index contributed by atoms with van der Waals surface area (Å²) in [6, 6.07) is 1.52. The summed E-state index contributed by atoms with van der Waals surface area (Å²) in [5.41, 5.74) is 0.785. The second-order valence-corrected chi connectivity index (χ2v) is 10.0. The van der Waals surface area contributed by atoms with Crippen LogP contribution in [-0.4, -0.2) is 32.3 Å². The summed E-state index contributed by atoms with van der Waals surface area (Å²) in [4.78, 5) is 25.7. The number of ether oxygens (including phenoxy) is 1. The normalized spacial score (nSPS) is 25.7. The summed E-state index contributed by atoms with van der Waals surface area (Å²) in [5, 5.41) is 12.3. The molecule has 0 saturated carbocycles. The van der Waals surface area contributed by atoms with Crippen LogP contribution in [0.1, 0.15) is 65.6 Å². The summed E-state index contributed by atoms with van der Waals surface area (Å²) < 4.78 is 31.7. The number of hydrogen-bond donors (Lipinski definition) is 0. The molecule has 2 heterocycles. The monoisotopic (exact) mass is 442 g/mol. The van der Waals surface area contributed by atoms with Crippen molar-refractivity contribution < 1.29 is 79.2 Å². The van der Waals surface area contributed by atoms with Crippen molar-refractivity contribution in [3.63, 3.8) is 0 Å². The number of rotatable bonds is 2. The first-order valence-corrected chi connectivity index (χ1v) is 11.3. The third-order valence-corrected chi connectivity index (χ3v) is 8.10. The Labute approximate surface area is 213 Å². The minimum absolute atomic E-state index is 0. The predicted octanol–water partition coefficient (Wildman–Crippen LogP) is -0.959. The molecule has 0 N–H and O–H groups in total. The van der Waals surface area contributed by atoms with E-state index in [2.05, 4.69) is 0 Å². The van der Waals surface area contributed by atoms with Gasteiger partial charge < -0.3 is 9.84 Å². The first-order chi connectivity index (χ1) is 13.2. The van der Waals surface area contributed by atoms with Gasteiger partial charge >= 0.3 is 51.4 Å². The van der Waals surface area contributed by atoms with Gasteiger partial charge in [-0.15, -0.1) is 5.76 Å². The van der Waals surface area contributed by atoms with Crippen LogP contribution in [0.4, 0.5) is 0 Å². The van der Waals surface area contributed by atoms with Gasteiger partial charge in [0.25, 0.3) is 0 Å². The van der Waals surface area contributed by atoms with E-state index >= 15 is 0 Å². The molecule has 1 atom stereocenters. The molecule has 0 aromatic heterocycles. The smallest absolute Gasteiger partial charge is 0.875 e. The number of Topliss-reactive ketones (excluding diaryl/α,β-unsaturated/α-hetero) is 2. The summed E-state index contributed by atoms with van der Waals surface area (Å²) in [5.74, 6) is -1.41. The van der Waals surface area contributed by atoms with Gasteiger partial charge in [0.05, 0.1) is 21.8 Å². The number of carbonyl (C=O) groups excluding carboxylic acids is 2. The van der Waals surface area contributed by atoms with Crippen molar-refractivity contribution in [3.05, 3.63) is 39.7 Å². The summed E-state index contributed by atoms with van der Waals surface area (Å²) in [6.45, 7) is 3.91. The van der Waals surface area contributed by atoms with Crippen molar-refractivity contribution in [2.24, 2.45) is 0 Å². The number of aryl methyl sites for hydroxylation is 1. The Balaban J connectivity index is 0.00000240. The average molecular weight is 443 g/mol. The topological polar surface area (TPSA) is 101 Å².